The highest BCUT2D eigenvalue weighted by Crippen LogP contribution is 2.27. The smallest absolute Gasteiger partial charge is 0.200 e. The second-order valence-electron chi connectivity index (χ2n) is 4.43. The first-order valence-electron chi connectivity index (χ1n) is 6.14. The molecular weight excluding hydrogens is 276 g/mol. The number of thioether (sulfide) groups is 1. The SMILES string of the molecule is Cc1noc(C)c1CSc1nnc(-c2ccco2)n1C. The van der Waals surface area contributed by atoms with Gasteiger partial charge in [-0.05, 0) is 26.0 Å². The summed E-state index contributed by atoms with van der Waals surface area (Å²) in [5, 5.41) is 13.1. The highest BCUT2D eigenvalue weighted by Gasteiger charge is 2.15. The summed E-state index contributed by atoms with van der Waals surface area (Å²) in [5.74, 6) is 3.04. The van der Waals surface area contributed by atoms with Gasteiger partial charge < -0.3 is 13.5 Å². The standard InChI is InChI=1S/C13H14N4O2S/c1-8-10(9(2)19-16-8)7-20-13-15-14-12(17(13)3)11-5-4-6-18-11/h4-6H,7H2,1-3H3. The maximum Gasteiger partial charge on any atom is 0.200 e. The van der Waals surface area contributed by atoms with Gasteiger partial charge in [-0.25, -0.2) is 0 Å². The predicted octanol–water partition coefficient (Wildman–Crippen LogP) is 2.97. The average Bonchev–Trinajstić information content (AvgIpc) is 3.12. The summed E-state index contributed by atoms with van der Waals surface area (Å²) >= 11 is 1.60. The summed E-state index contributed by atoms with van der Waals surface area (Å²) < 4.78 is 12.4. The van der Waals surface area contributed by atoms with Gasteiger partial charge in [0.1, 0.15) is 5.76 Å². The average molecular weight is 290 g/mol. The van der Waals surface area contributed by atoms with E-state index in [0.717, 1.165) is 33.8 Å². The van der Waals surface area contributed by atoms with Gasteiger partial charge in [0.25, 0.3) is 0 Å². The van der Waals surface area contributed by atoms with E-state index in [4.69, 9.17) is 8.94 Å². The van der Waals surface area contributed by atoms with Crippen LogP contribution >= 0.6 is 11.8 Å². The number of hydrogen-bond donors (Lipinski definition) is 0. The summed E-state index contributed by atoms with van der Waals surface area (Å²) in [4.78, 5) is 0. The number of aromatic nitrogens is 4. The molecule has 0 fully saturated rings. The molecule has 0 bridgehead atoms. The van der Waals surface area contributed by atoms with E-state index in [2.05, 4.69) is 15.4 Å². The van der Waals surface area contributed by atoms with Crippen LogP contribution in [-0.4, -0.2) is 19.9 Å². The molecule has 0 aliphatic rings. The lowest BCUT2D eigenvalue weighted by atomic mass is 10.2. The fourth-order valence-electron chi connectivity index (χ4n) is 1.91. The van der Waals surface area contributed by atoms with E-state index in [1.165, 1.54) is 0 Å². The zero-order valence-corrected chi connectivity index (χ0v) is 12.3. The van der Waals surface area contributed by atoms with Crippen molar-refractivity contribution in [2.75, 3.05) is 0 Å². The molecule has 0 unspecified atom stereocenters. The van der Waals surface area contributed by atoms with E-state index in [0.29, 0.717) is 5.76 Å². The van der Waals surface area contributed by atoms with Gasteiger partial charge >= 0.3 is 0 Å². The quantitative estimate of drug-likeness (QED) is 0.688. The van der Waals surface area contributed by atoms with E-state index >= 15 is 0 Å². The Morgan fingerprint density at radius 3 is 2.80 bits per heavy atom. The minimum atomic E-state index is 0.712. The Morgan fingerprint density at radius 2 is 2.15 bits per heavy atom. The van der Waals surface area contributed by atoms with Crippen LogP contribution in [0.15, 0.2) is 32.5 Å². The molecule has 0 aliphatic heterocycles. The van der Waals surface area contributed by atoms with Gasteiger partial charge in [-0.3, -0.25) is 0 Å². The summed E-state index contributed by atoms with van der Waals surface area (Å²) in [5.41, 5.74) is 2.03. The Morgan fingerprint density at radius 1 is 1.30 bits per heavy atom. The van der Waals surface area contributed by atoms with Gasteiger partial charge in [0.05, 0.1) is 12.0 Å². The molecule has 3 rings (SSSR count). The maximum absolute atomic E-state index is 5.34. The van der Waals surface area contributed by atoms with E-state index in [9.17, 15) is 0 Å². The van der Waals surface area contributed by atoms with Crippen molar-refractivity contribution >= 4 is 11.8 Å². The second kappa shape index (κ2) is 5.16. The maximum atomic E-state index is 5.34. The Labute approximate surface area is 120 Å². The Kier molecular flexibility index (Phi) is 3.35. The summed E-state index contributed by atoms with van der Waals surface area (Å²) in [6.07, 6.45) is 1.63. The number of aryl methyl sites for hydroxylation is 2. The largest absolute Gasteiger partial charge is 0.461 e. The van der Waals surface area contributed by atoms with Crippen molar-refractivity contribution in [2.24, 2.45) is 7.05 Å². The van der Waals surface area contributed by atoms with Crippen LogP contribution in [-0.2, 0) is 12.8 Å². The van der Waals surface area contributed by atoms with E-state index in [-0.39, 0.29) is 0 Å². The zero-order valence-electron chi connectivity index (χ0n) is 11.5. The molecule has 0 saturated carbocycles. The third-order valence-electron chi connectivity index (χ3n) is 3.10. The van der Waals surface area contributed by atoms with Crippen molar-refractivity contribution < 1.29 is 8.94 Å². The third kappa shape index (κ3) is 2.24. The molecule has 0 amide bonds. The fraction of sp³-hybridized carbons (Fsp3) is 0.308. The number of nitrogens with zero attached hydrogens (tertiary/aromatic N) is 4. The lowest BCUT2D eigenvalue weighted by Gasteiger charge is -2.02. The van der Waals surface area contributed by atoms with Crippen LogP contribution in [0.3, 0.4) is 0 Å². The van der Waals surface area contributed by atoms with Crippen molar-refractivity contribution in [3.05, 3.63) is 35.4 Å². The lowest BCUT2D eigenvalue weighted by Crippen LogP contribution is -1.94. The van der Waals surface area contributed by atoms with E-state index < -0.39 is 0 Å². The Hall–Kier alpha value is -2.02. The van der Waals surface area contributed by atoms with Crippen LogP contribution < -0.4 is 0 Å². The molecule has 3 aromatic rings. The van der Waals surface area contributed by atoms with Crippen molar-refractivity contribution in [3.8, 4) is 11.6 Å². The third-order valence-corrected chi connectivity index (χ3v) is 4.15. The molecule has 20 heavy (non-hydrogen) atoms. The monoisotopic (exact) mass is 290 g/mol. The molecular formula is C13H14N4O2S. The molecule has 6 nitrogen and oxygen atoms in total. The molecule has 0 N–H and O–H groups in total. The van der Waals surface area contributed by atoms with Crippen LogP contribution in [0.25, 0.3) is 11.6 Å². The molecule has 0 saturated heterocycles. The minimum absolute atomic E-state index is 0.712. The van der Waals surface area contributed by atoms with Gasteiger partial charge in [-0.1, -0.05) is 16.9 Å². The zero-order chi connectivity index (χ0) is 14.1. The normalized spacial score (nSPS) is 11.2. The first kappa shape index (κ1) is 13.0. The Balaban J connectivity index is 1.79. The molecule has 104 valence electrons. The van der Waals surface area contributed by atoms with Gasteiger partial charge in [-0.2, -0.15) is 0 Å². The first-order chi connectivity index (χ1) is 9.66. The summed E-state index contributed by atoms with van der Waals surface area (Å²) in [7, 11) is 1.92. The van der Waals surface area contributed by atoms with Crippen molar-refractivity contribution in [1.82, 2.24) is 19.9 Å². The number of hydrogen-bond acceptors (Lipinski definition) is 6. The number of rotatable bonds is 4. The second-order valence-corrected chi connectivity index (χ2v) is 5.38. The predicted molar refractivity (Wildman–Crippen MR) is 74.2 cm³/mol. The van der Waals surface area contributed by atoms with Crippen LogP contribution in [0.1, 0.15) is 17.0 Å². The molecule has 0 radical (unpaired) electrons. The molecule has 0 aliphatic carbocycles. The van der Waals surface area contributed by atoms with E-state index in [1.54, 1.807) is 18.0 Å². The lowest BCUT2D eigenvalue weighted by molar-refractivity contribution is 0.392. The highest BCUT2D eigenvalue weighted by atomic mass is 32.2. The number of furan rings is 1. The molecule has 0 atom stereocenters. The van der Waals surface area contributed by atoms with Crippen molar-refractivity contribution in [1.29, 1.82) is 0 Å². The fourth-order valence-corrected chi connectivity index (χ4v) is 2.97. The molecule has 3 aromatic heterocycles. The van der Waals surface area contributed by atoms with Crippen LogP contribution in [0.4, 0.5) is 0 Å². The molecule has 0 spiro atoms. The first-order valence-corrected chi connectivity index (χ1v) is 7.13. The van der Waals surface area contributed by atoms with Crippen molar-refractivity contribution in [2.45, 2.75) is 24.8 Å². The Bertz CT molecular complexity index is 695. The van der Waals surface area contributed by atoms with Gasteiger partial charge in [-0.15, -0.1) is 10.2 Å². The molecule has 7 heteroatoms. The molecule has 0 aromatic carbocycles. The van der Waals surface area contributed by atoms with Crippen LogP contribution in [0.5, 0.6) is 0 Å². The topological polar surface area (TPSA) is 69.9 Å². The van der Waals surface area contributed by atoms with Crippen molar-refractivity contribution in [3.63, 3.8) is 0 Å². The van der Waals surface area contributed by atoms with Gasteiger partial charge in [0, 0.05) is 18.4 Å². The van der Waals surface area contributed by atoms with Gasteiger partial charge in [0.15, 0.2) is 16.7 Å². The summed E-state index contributed by atoms with van der Waals surface area (Å²) in [6.45, 7) is 3.86. The van der Waals surface area contributed by atoms with E-state index in [1.807, 2.05) is 37.6 Å². The minimum Gasteiger partial charge on any atom is -0.461 e. The summed E-state index contributed by atoms with van der Waals surface area (Å²) in [6, 6.07) is 3.70. The molecule has 3 heterocycles. The highest BCUT2D eigenvalue weighted by molar-refractivity contribution is 7.98. The van der Waals surface area contributed by atoms with Crippen LogP contribution in [0.2, 0.25) is 0 Å². The van der Waals surface area contributed by atoms with Gasteiger partial charge in [0.2, 0.25) is 0 Å². The van der Waals surface area contributed by atoms with Crippen LogP contribution in [0, 0.1) is 13.8 Å².